The molecule has 0 aliphatic heterocycles. The van der Waals surface area contributed by atoms with E-state index in [9.17, 15) is 0 Å². The van der Waals surface area contributed by atoms with E-state index in [-0.39, 0.29) is 0 Å². The summed E-state index contributed by atoms with van der Waals surface area (Å²) in [5, 5.41) is 0. The fraction of sp³-hybridized carbons (Fsp3) is 0.455. The van der Waals surface area contributed by atoms with Crippen LogP contribution in [0.15, 0.2) is 37.0 Å². The van der Waals surface area contributed by atoms with Gasteiger partial charge in [-0.25, -0.2) is 0 Å². The smallest absolute Gasteiger partial charge is 0.0138 e. The van der Waals surface area contributed by atoms with Gasteiger partial charge < -0.3 is 0 Å². The summed E-state index contributed by atoms with van der Waals surface area (Å²) in [5.41, 5.74) is 1.44. The van der Waals surface area contributed by atoms with Crippen molar-refractivity contribution in [2.24, 2.45) is 0 Å². The third kappa shape index (κ3) is 5.65. The third-order valence-corrected chi connectivity index (χ3v) is 1.53. The molecule has 62 valence electrons. The Kier molecular flexibility index (Phi) is 6.81. The van der Waals surface area contributed by atoms with E-state index in [1.807, 2.05) is 12.2 Å². The van der Waals surface area contributed by atoms with Crippen LogP contribution in [0, 0.1) is 0 Å². The molecule has 0 aromatic heterocycles. The quantitative estimate of drug-likeness (QED) is 0.504. The maximum atomic E-state index is 3.72. The van der Waals surface area contributed by atoms with Crippen molar-refractivity contribution in [3.63, 3.8) is 0 Å². The Morgan fingerprint density at radius 3 is 2.09 bits per heavy atom. The van der Waals surface area contributed by atoms with Gasteiger partial charge in [-0.1, -0.05) is 37.1 Å². The van der Waals surface area contributed by atoms with E-state index in [0.29, 0.717) is 0 Å². The lowest BCUT2D eigenvalue weighted by Crippen LogP contribution is -1.79. The standard InChI is InChI=1S/C11H18/c1-4-7-10-11(8-5-2)9-6-3/h5-6,10H,2-4,7-9H2,1H3. The van der Waals surface area contributed by atoms with Gasteiger partial charge in [-0.3, -0.25) is 0 Å². The molecule has 0 atom stereocenters. The summed E-state index contributed by atoms with van der Waals surface area (Å²) in [6, 6.07) is 0. The molecule has 0 fully saturated rings. The minimum atomic E-state index is 1.01. The molecule has 0 aliphatic rings. The summed E-state index contributed by atoms with van der Waals surface area (Å²) in [4.78, 5) is 0. The van der Waals surface area contributed by atoms with Crippen molar-refractivity contribution in [2.75, 3.05) is 0 Å². The van der Waals surface area contributed by atoms with Gasteiger partial charge in [0.25, 0.3) is 0 Å². The van der Waals surface area contributed by atoms with Crippen LogP contribution in [0.2, 0.25) is 0 Å². The van der Waals surface area contributed by atoms with Crippen LogP contribution in [0.4, 0.5) is 0 Å². The average molecular weight is 150 g/mol. The highest BCUT2D eigenvalue weighted by atomic mass is 14.0. The van der Waals surface area contributed by atoms with Crippen LogP contribution in [0.3, 0.4) is 0 Å². The first kappa shape index (κ1) is 10.2. The minimum absolute atomic E-state index is 1.01. The van der Waals surface area contributed by atoms with Gasteiger partial charge in [-0.2, -0.15) is 0 Å². The molecular formula is C11H18. The number of rotatable bonds is 6. The fourth-order valence-electron chi connectivity index (χ4n) is 0.969. The Morgan fingerprint density at radius 2 is 1.73 bits per heavy atom. The normalized spacial score (nSPS) is 8.82. The van der Waals surface area contributed by atoms with E-state index in [1.54, 1.807) is 0 Å². The van der Waals surface area contributed by atoms with E-state index >= 15 is 0 Å². The molecular weight excluding hydrogens is 132 g/mol. The van der Waals surface area contributed by atoms with Crippen LogP contribution in [0.25, 0.3) is 0 Å². The fourth-order valence-corrected chi connectivity index (χ4v) is 0.969. The van der Waals surface area contributed by atoms with Crippen molar-refractivity contribution < 1.29 is 0 Å². The van der Waals surface area contributed by atoms with Gasteiger partial charge in [0.15, 0.2) is 0 Å². The molecule has 0 radical (unpaired) electrons. The molecule has 0 rings (SSSR count). The molecule has 0 bridgehead atoms. The molecule has 0 spiro atoms. The lowest BCUT2D eigenvalue weighted by molar-refractivity contribution is 0.932. The summed E-state index contributed by atoms with van der Waals surface area (Å²) in [6.07, 6.45) is 10.6. The predicted molar refractivity (Wildman–Crippen MR) is 52.6 cm³/mol. The van der Waals surface area contributed by atoms with Gasteiger partial charge in [0.1, 0.15) is 0 Å². The van der Waals surface area contributed by atoms with Gasteiger partial charge in [-0.05, 0) is 19.3 Å². The Balaban J connectivity index is 3.84. The molecule has 0 saturated carbocycles. The first-order valence-electron chi connectivity index (χ1n) is 4.24. The van der Waals surface area contributed by atoms with Gasteiger partial charge in [0.2, 0.25) is 0 Å². The summed E-state index contributed by atoms with van der Waals surface area (Å²) < 4.78 is 0. The molecule has 0 heterocycles. The van der Waals surface area contributed by atoms with E-state index in [4.69, 9.17) is 0 Å². The molecule has 0 unspecified atom stereocenters. The second kappa shape index (κ2) is 7.33. The second-order valence-corrected chi connectivity index (χ2v) is 2.64. The molecule has 0 amide bonds. The molecule has 0 N–H and O–H groups in total. The summed E-state index contributed by atoms with van der Waals surface area (Å²) in [6.45, 7) is 9.62. The van der Waals surface area contributed by atoms with Crippen molar-refractivity contribution in [1.29, 1.82) is 0 Å². The zero-order valence-electron chi connectivity index (χ0n) is 7.47. The number of hydrogen-bond donors (Lipinski definition) is 0. The predicted octanol–water partition coefficient (Wildman–Crippen LogP) is 3.87. The van der Waals surface area contributed by atoms with Gasteiger partial charge >= 0.3 is 0 Å². The molecule has 0 saturated heterocycles. The van der Waals surface area contributed by atoms with Crippen LogP contribution < -0.4 is 0 Å². The summed E-state index contributed by atoms with van der Waals surface area (Å²) >= 11 is 0. The van der Waals surface area contributed by atoms with E-state index in [0.717, 1.165) is 12.8 Å². The molecule has 0 nitrogen and oxygen atoms in total. The van der Waals surface area contributed by atoms with Crippen molar-refractivity contribution in [1.82, 2.24) is 0 Å². The van der Waals surface area contributed by atoms with Gasteiger partial charge in [0, 0.05) is 0 Å². The van der Waals surface area contributed by atoms with Gasteiger partial charge in [0.05, 0.1) is 0 Å². The Hall–Kier alpha value is -0.780. The largest absolute Gasteiger partial charge is 0.103 e. The highest BCUT2D eigenvalue weighted by Crippen LogP contribution is 2.09. The zero-order chi connectivity index (χ0) is 8.53. The van der Waals surface area contributed by atoms with Crippen LogP contribution in [0.1, 0.15) is 32.6 Å². The molecule has 11 heavy (non-hydrogen) atoms. The third-order valence-electron chi connectivity index (χ3n) is 1.53. The molecule has 0 aromatic rings. The maximum Gasteiger partial charge on any atom is -0.0138 e. The number of unbranched alkanes of at least 4 members (excludes halogenated alkanes) is 1. The van der Waals surface area contributed by atoms with Crippen LogP contribution >= 0.6 is 0 Å². The second-order valence-electron chi connectivity index (χ2n) is 2.64. The average Bonchev–Trinajstić information content (AvgIpc) is 2.01. The van der Waals surface area contributed by atoms with Crippen molar-refractivity contribution in [2.45, 2.75) is 32.6 Å². The van der Waals surface area contributed by atoms with E-state index < -0.39 is 0 Å². The molecule has 0 heteroatoms. The van der Waals surface area contributed by atoms with Gasteiger partial charge in [-0.15, -0.1) is 13.2 Å². The zero-order valence-corrected chi connectivity index (χ0v) is 7.47. The van der Waals surface area contributed by atoms with Crippen molar-refractivity contribution >= 4 is 0 Å². The summed E-state index contributed by atoms with van der Waals surface area (Å²) in [7, 11) is 0. The van der Waals surface area contributed by atoms with Crippen molar-refractivity contribution in [3.05, 3.63) is 37.0 Å². The highest BCUT2D eigenvalue weighted by Gasteiger charge is 1.89. The lowest BCUT2D eigenvalue weighted by Gasteiger charge is -1.99. The minimum Gasteiger partial charge on any atom is -0.103 e. The highest BCUT2D eigenvalue weighted by molar-refractivity contribution is 5.09. The Bertz CT molecular complexity index is 128. The number of allylic oxidation sites excluding steroid dienone is 4. The topological polar surface area (TPSA) is 0 Å². The van der Waals surface area contributed by atoms with Crippen LogP contribution in [-0.2, 0) is 0 Å². The van der Waals surface area contributed by atoms with E-state index in [2.05, 4.69) is 26.2 Å². The SMILES string of the molecule is C=CCC(=CCCC)CC=C. The van der Waals surface area contributed by atoms with Crippen LogP contribution in [-0.4, -0.2) is 0 Å². The summed E-state index contributed by atoms with van der Waals surface area (Å²) in [5.74, 6) is 0. The first-order chi connectivity index (χ1) is 5.35. The Morgan fingerprint density at radius 1 is 1.18 bits per heavy atom. The molecule has 0 aromatic carbocycles. The van der Waals surface area contributed by atoms with E-state index in [1.165, 1.54) is 18.4 Å². The number of hydrogen-bond acceptors (Lipinski definition) is 0. The molecule has 0 aliphatic carbocycles. The Labute approximate surface area is 70.3 Å². The van der Waals surface area contributed by atoms with Crippen LogP contribution in [0.5, 0.6) is 0 Å². The monoisotopic (exact) mass is 150 g/mol. The first-order valence-corrected chi connectivity index (χ1v) is 4.24. The maximum absolute atomic E-state index is 3.72. The lowest BCUT2D eigenvalue weighted by atomic mass is 10.1. The van der Waals surface area contributed by atoms with Crippen molar-refractivity contribution in [3.8, 4) is 0 Å².